The first-order valence-electron chi connectivity index (χ1n) is 5.71. The predicted octanol–water partition coefficient (Wildman–Crippen LogP) is 3.95. The van der Waals surface area contributed by atoms with E-state index < -0.39 is 0 Å². The second kappa shape index (κ2) is 3.01. The van der Waals surface area contributed by atoms with Crippen LogP contribution < -0.4 is 0 Å². The SMILES string of the molecule is [CH]1CCCC2=C1CC1=C2CCCC1. The maximum absolute atomic E-state index is 2.50. The summed E-state index contributed by atoms with van der Waals surface area (Å²) in [6, 6.07) is 0. The number of fused-ring (bicyclic) bond motifs is 1. The monoisotopic (exact) mass is 173 g/mol. The van der Waals surface area contributed by atoms with Crippen molar-refractivity contribution in [1.82, 2.24) is 0 Å². The van der Waals surface area contributed by atoms with Crippen molar-refractivity contribution in [2.45, 2.75) is 51.4 Å². The van der Waals surface area contributed by atoms with E-state index in [-0.39, 0.29) is 0 Å². The van der Waals surface area contributed by atoms with E-state index in [1.165, 1.54) is 51.4 Å². The molecular formula is C13H17. The van der Waals surface area contributed by atoms with Crippen molar-refractivity contribution in [2.75, 3.05) is 0 Å². The van der Waals surface area contributed by atoms with Gasteiger partial charge >= 0.3 is 0 Å². The standard InChI is InChI=1S/C13H17/c1-3-7-12-10(5-1)9-11-6-2-4-8-13(11)12/h5H,1-4,6-9H2. The van der Waals surface area contributed by atoms with Crippen molar-refractivity contribution in [3.05, 3.63) is 28.7 Å². The average Bonchev–Trinajstić information content (AvgIpc) is 2.56. The molecule has 0 aliphatic heterocycles. The van der Waals surface area contributed by atoms with Gasteiger partial charge in [0.2, 0.25) is 0 Å². The van der Waals surface area contributed by atoms with Crippen LogP contribution in [-0.4, -0.2) is 0 Å². The van der Waals surface area contributed by atoms with Gasteiger partial charge in [0.1, 0.15) is 0 Å². The zero-order valence-corrected chi connectivity index (χ0v) is 8.23. The molecule has 0 nitrogen and oxygen atoms in total. The Morgan fingerprint density at radius 2 is 1.69 bits per heavy atom. The molecule has 0 bridgehead atoms. The molecule has 0 heterocycles. The quantitative estimate of drug-likeness (QED) is 0.520. The Morgan fingerprint density at radius 1 is 0.846 bits per heavy atom. The molecule has 0 aromatic heterocycles. The first-order chi connectivity index (χ1) is 6.45. The lowest BCUT2D eigenvalue weighted by Gasteiger charge is -2.18. The lowest BCUT2D eigenvalue weighted by atomic mass is 9.87. The van der Waals surface area contributed by atoms with E-state index in [0.29, 0.717) is 0 Å². The molecule has 0 aromatic carbocycles. The molecule has 0 saturated heterocycles. The second-order valence-electron chi connectivity index (χ2n) is 4.57. The Kier molecular flexibility index (Phi) is 1.81. The van der Waals surface area contributed by atoms with Gasteiger partial charge in [-0.25, -0.2) is 0 Å². The molecule has 1 radical (unpaired) electrons. The van der Waals surface area contributed by atoms with Crippen LogP contribution in [0, 0.1) is 6.42 Å². The summed E-state index contributed by atoms with van der Waals surface area (Å²) >= 11 is 0. The zero-order chi connectivity index (χ0) is 8.67. The topological polar surface area (TPSA) is 0 Å². The van der Waals surface area contributed by atoms with Gasteiger partial charge in [0, 0.05) is 0 Å². The summed E-state index contributed by atoms with van der Waals surface area (Å²) in [5, 5.41) is 0. The van der Waals surface area contributed by atoms with Crippen molar-refractivity contribution in [3.8, 4) is 0 Å². The normalized spacial score (nSPS) is 27.7. The molecular weight excluding hydrogens is 156 g/mol. The van der Waals surface area contributed by atoms with Crippen LogP contribution in [0.3, 0.4) is 0 Å². The van der Waals surface area contributed by atoms with Gasteiger partial charge in [-0.15, -0.1) is 0 Å². The van der Waals surface area contributed by atoms with Crippen LogP contribution in [0.4, 0.5) is 0 Å². The molecule has 3 aliphatic carbocycles. The van der Waals surface area contributed by atoms with Crippen molar-refractivity contribution in [2.24, 2.45) is 0 Å². The fourth-order valence-electron chi connectivity index (χ4n) is 3.12. The molecule has 0 atom stereocenters. The first kappa shape index (κ1) is 7.84. The van der Waals surface area contributed by atoms with Crippen LogP contribution in [0.5, 0.6) is 0 Å². The third-order valence-corrected chi connectivity index (χ3v) is 3.76. The van der Waals surface area contributed by atoms with Gasteiger partial charge in [0.05, 0.1) is 0 Å². The third kappa shape index (κ3) is 1.19. The van der Waals surface area contributed by atoms with Crippen molar-refractivity contribution in [1.29, 1.82) is 0 Å². The van der Waals surface area contributed by atoms with E-state index in [9.17, 15) is 0 Å². The average molecular weight is 173 g/mol. The molecule has 13 heavy (non-hydrogen) atoms. The summed E-state index contributed by atoms with van der Waals surface area (Å²) in [4.78, 5) is 0. The van der Waals surface area contributed by atoms with Crippen molar-refractivity contribution < 1.29 is 0 Å². The van der Waals surface area contributed by atoms with E-state index in [4.69, 9.17) is 0 Å². The highest BCUT2D eigenvalue weighted by Crippen LogP contribution is 2.45. The summed E-state index contributed by atoms with van der Waals surface area (Å²) in [5.74, 6) is 0. The van der Waals surface area contributed by atoms with Gasteiger partial charge in [0.15, 0.2) is 0 Å². The van der Waals surface area contributed by atoms with E-state index in [1.807, 2.05) is 0 Å². The molecule has 0 unspecified atom stereocenters. The van der Waals surface area contributed by atoms with Crippen molar-refractivity contribution >= 4 is 0 Å². The van der Waals surface area contributed by atoms with Crippen LogP contribution in [0.2, 0.25) is 0 Å². The Bertz CT molecular complexity index is 261. The molecule has 0 spiro atoms. The Morgan fingerprint density at radius 3 is 2.69 bits per heavy atom. The summed E-state index contributed by atoms with van der Waals surface area (Å²) in [6.07, 6.45) is 13.6. The highest BCUT2D eigenvalue weighted by Gasteiger charge is 2.27. The van der Waals surface area contributed by atoms with E-state index >= 15 is 0 Å². The number of hydrogen-bond donors (Lipinski definition) is 0. The summed E-state index contributed by atoms with van der Waals surface area (Å²) in [5.41, 5.74) is 7.06. The van der Waals surface area contributed by atoms with Gasteiger partial charge in [-0.3, -0.25) is 0 Å². The number of hydrogen-bond acceptors (Lipinski definition) is 0. The van der Waals surface area contributed by atoms with Crippen LogP contribution in [0.1, 0.15) is 51.4 Å². The second-order valence-corrected chi connectivity index (χ2v) is 4.57. The molecule has 0 N–H and O–H groups in total. The van der Waals surface area contributed by atoms with Gasteiger partial charge in [-0.1, -0.05) is 11.1 Å². The van der Waals surface area contributed by atoms with Crippen molar-refractivity contribution in [3.63, 3.8) is 0 Å². The molecule has 0 aromatic rings. The fourth-order valence-corrected chi connectivity index (χ4v) is 3.12. The first-order valence-corrected chi connectivity index (χ1v) is 5.71. The Hall–Kier alpha value is -0.520. The van der Waals surface area contributed by atoms with E-state index in [2.05, 4.69) is 6.42 Å². The summed E-state index contributed by atoms with van der Waals surface area (Å²) in [6.45, 7) is 0. The molecule has 0 amide bonds. The largest absolute Gasteiger partial charge is 0.0627 e. The highest BCUT2D eigenvalue weighted by molar-refractivity contribution is 5.51. The minimum atomic E-state index is 1.32. The minimum absolute atomic E-state index is 1.32. The molecule has 69 valence electrons. The summed E-state index contributed by atoms with van der Waals surface area (Å²) < 4.78 is 0. The fraction of sp³-hybridized carbons (Fsp3) is 0.615. The Labute approximate surface area is 80.7 Å². The van der Waals surface area contributed by atoms with E-state index in [0.717, 1.165) is 0 Å². The van der Waals surface area contributed by atoms with Gasteiger partial charge < -0.3 is 0 Å². The third-order valence-electron chi connectivity index (χ3n) is 3.76. The maximum Gasteiger partial charge on any atom is -0.00936 e. The van der Waals surface area contributed by atoms with Crippen LogP contribution in [0.25, 0.3) is 0 Å². The van der Waals surface area contributed by atoms with Crippen LogP contribution in [-0.2, 0) is 0 Å². The smallest absolute Gasteiger partial charge is 0.00936 e. The zero-order valence-electron chi connectivity index (χ0n) is 8.23. The Balaban J connectivity index is 1.95. The molecule has 0 heteroatoms. The lowest BCUT2D eigenvalue weighted by Crippen LogP contribution is -1.99. The number of rotatable bonds is 0. The molecule has 0 fully saturated rings. The lowest BCUT2D eigenvalue weighted by molar-refractivity contribution is 0.672. The molecule has 0 saturated carbocycles. The van der Waals surface area contributed by atoms with Gasteiger partial charge in [-0.05, 0) is 68.9 Å². The summed E-state index contributed by atoms with van der Waals surface area (Å²) in [7, 11) is 0. The highest BCUT2D eigenvalue weighted by atomic mass is 14.3. The van der Waals surface area contributed by atoms with Gasteiger partial charge in [-0.2, -0.15) is 0 Å². The van der Waals surface area contributed by atoms with Gasteiger partial charge in [0.25, 0.3) is 0 Å². The molecule has 3 aliphatic rings. The van der Waals surface area contributed by atoms with Crippen LogP contribution >= 0.6 is 0 Å². The maximum atomic E-state index is 2.50. The minimum Gasteiger partial charge on any atom is -0.0627 e. The van der Waals surface area contributed by atoms with E-state index in [1.54, 1.807) is 22.3 Å². The van der Waals surface area contributed by atoms with Crippen LogP contribution in [0.15, 0.2) is 22.3 Å². The molecule has 3 rings (SSSR count). The number of allylic oxidation sites excluding steroid dienone is 4. The predicted molar refractivity (Wildman–Crippen MR) is 55.3 cm³/mol.